The van der Waals surface area contributed by atoms with Crippen molar-refractivity contribution in [3.8, 4) is 5.75 Å². The molecule has 0 unspecified atom stereocenters. The number of ether oxygens (including phenoxy) is 2. The van der Waals surface area contributed by atoms with E-state index in [-0.39, 0.29) is 18.2 Å². The quantitative estimate of drug-likeness (QED) is 0.642. The van der Waals surface area contributed by atoms with Crippen LogP contribution < -0.4 is 15.4 Å². The monoisotopic (exact) mass is 349 g/mol. The van der Waals surface area contributed by atoms with E-state index in [0.29, 0.717) is 44.0 Å². The highest BCUT2D eigenvalue weighted by Gasteiger charge is 2.24. The van der Waals surface area contributed by atoms with Crippen molar-refractivity contribution in [2.75, 3.05) is 25.0 Å². The first-order chi connectivity index (χ1) is 12.0. The van der Waals surface area contributed by atoms with Gasteiger partial charge in [-0.25, -0.2) is 9.59 Å². The van der Waals surface area contributed by atoms with Gasteiger partial charge in [-0.05, 0) is 31.9 Å². The Kier molecular flexibility index (Phi) is 6.62. The zero-order valence-corrected chi connectivity index (χ0v) is 14.4. The topological polar surface area (TPSA) is 97.0 Å². The highest BCUT2D eigenvalue weighted by molar-refractivity contribution is 5.89. The number of nitrogens with zero attached hydrogens (tertiary/aromatic N) is 1. The number of anilines is 1. The van der Waals surface area contributed by atoms with Gasteiger partial charge in [-0.3, -0.25) is 4.79 Å². The lowest BCUT2D eigenvalue weighted by Crippen LogP contribution is -2.47. The summed E-state index contributed by atoms with van der Waals surface area (Å²) in [6.07, 6.45) is 1.02. The first-order valence-electron chi connectivity index (χ1n) is 8.25. The molecule has 8 nitrogen and oxygen atoms in total. The molecule has 0 radical (unpaired) electrons. The number of esters is 1. The normalized spacial score (nSPS) is 14.6. The maximum Gasteiger partial charge on any atom is 0.409 e. The third-order valence-electron chi connectivity index (χ3n) is 3.71. The van der Waals surface area contributed by atoms with Gasteiger partial charge >= 0.3 is 18.1 Å². The predicted molar refractivity (Wildman–Crippen MR) is 91.5 cm³/mol. The summed E-state index contributed by atoms with van der Waals surface area (Å²) >= 11 is 0. The van der Waals surface area contributed by atoms with Crippen molar-refractivity contribution in [1.82, 2.24) is 10.2 Å². The third-order valence-corrected chi connectivity index (χ3v) is 3.71. The smallest absolute Gasteiger partial charge is 0.409 e. The van der Waals surface area contributed by atoms with E-state index in [1.54, 1.807) is 36.1 Å². The Balaban J connectivity index is 1.79. The number of rotatable bonds is 4. The van der Waals surface area contributed by atoms with Gasteiger partial charge in [-0.1, -0.05) is 6.07 Å². The van der Waals surface area contributed by atoms with E-state index in [9.17, 15) is 14.4 Å². The molecule has 1 fully saturated rings. The zero-order valence-electron chi connectivity index (χ0n) is 14.4. The lowest BCUT2D eigenvalue weighted by Gasteiger charge is -2.31. The van der Waals surface area contributed by atoms with E-state index in [2.05, 4.69) is 10.6 Å². The van der Waals surface area contributed by atoms with E-state index in [0.717, 1.165) is 0 Å². The van der Waals surface area contributed by atoms with Crippen LogP contribution in [0.4, 0.5) is 15.3 Å². The SMILES string of the molecule is CCOC(=O)N1CCC(NC(=O)Nc2cccc(OC(C)=O)c2)CC1. The number of piperidine rings is 1. The van der Waals surface area contributed by atoms with Crippen molar-refractivity contribution in [3.63, 3.8) is 0 Å². The average Bonchev–Trinajstić information content (AvgIpc) is 2.55. The molecule has 3 amide bonds. The Labute approximate surface area is 146 Å². The summed E-state index contributed by atoms with van der Waals surface area (Å²) < 4.78 is 9.95. The van der Waals surface area contributed by atoms with Crippen LogP contribution in [0.1, 0.15) is 26.7 Å². The molecule has 2 rings (SSSR count). The van der Waals surface area contributed by atoms with Gasteiger partial charge < -0.3 is 25.0 Å². The van der Waals surface area contributed by atoms with E-state index in [1.807, 2.05) is 0 Å². The van der Waals surface area contributed by atoms with E-state index in [1.165, 1.54) is 6.92 Å². The standard InChI is InChI=1S/C17H23N3O5/c1-3-24-17(23)20-9-7-13(8-10-20)18-16(22)19-14-5-4-6-15(11-14)25-12(2)21/h4-6,11,13H,3,7-10H2,1-2H3,(H2,18,19,22). The van der Waals surface area contributed by atoms with Gasteiger partial charge in [0.1, 0.15) is 5.75 Å². The van der Waals surface area contributed by atoms with Crippen molar-refractivity contribution in [2.45, 2.75) is 32.7 Å². The van der Waals surface area contributed by atoms with Crippen LogP contribution in [0.3, 0.4) is 0 Å². The van der Waals surface area contributed by atoms with Crippen molar-refractivity contribution < 1.29 is 23.9 Å². The molecular weight excluding hydrogens is 326 g/mol. The van der Waals surface area contributed by atoms with Gasteiger partial charge in [0.15, 0.2) is 0 Å². The molecule has 136 valence electrons. The van der Waals surface area contributed by atoms with Crippen LogP contribution >= 0.6 is 0 Å². The number of likely N-dealkylation sites (tertiary alicyclic amines) is 1. The van der Waals surface area contributed by atoms with Gasteiger partial charge in [-0.15, -0.1) is 0 Å². The zero-order chi connectivity index (χ0) is 18.2. The fourth-order valence-corrected chi connectivity index (χ4v) is 2.58. The first-order valence-corrected chi connectivity index (χ1v) is 8.25. The second-order valence-corrected chi connectivity index (χ2v) is 5.68. The predicted octanol–water partition coefficient (Wildman–Crippen LogP) is 2.35. The molecule has 2 N–H and O–H groups in total. The molecular formula is C17H23N3O5. The second kappa shape index (κ2) is 8.91. The Morgan fingerprint density at radius 1 is 1.24 bits per heavy atom. The van der Waals surface area contributed by atoms with Gasteiger partial charge in [-0.2, -0.15) is 0 Å². The molecule has 0 spiro atoms. The van der Waals surface area contributed by atoms with Crippen molar-refractivity contribution in [3.05, 3.63) is 24.3 Å². The number of benzene rings is 1. The molecule has 0 aromatic heterocycles. The lowest BCUT2D eigenvalue weighted by molar-refractivity contribution is -0.131. The molecule has 1 aromatic carbocycles. The minimum absolute atomic E-state index is 0.0117. The first kappa shape index (κ1) is 18.6. The summed E-state index contributed by atoms with van der Waals surface area (Å²) in [6, 6.07) is 6.25. The van der Waals surface area contributed by atoms with Crippen LogP contribution in [0.15, 0.2) is 24.3 Å². The third kappa shape index (κ3) is 5.98. The number of carbonyl (C=O) groups excluding carboxylic acids is 3. The molecule has 0 bridgehead atoms. The number of carbonyl (C=O) groups is 3. The highest BCUT2D eigenvalue weighted by atomic mass is 16.6. The Hall–Kier alpha value is -2.77. The molecule has 1 aliphatic rings. The Morgan fingerprint density at radius 2 is 1.96 bits per heavy atom. The Morgan fingerprint density at radius 3 is 2.60 bits per heavy atom. The number of hydrogen-bond donors (Lipinski definition) is 2. The lowest BCUT2D eigenvalue weighted by atomic mass is 10.1. The van der Waals surface area contributed by atoms with Crippen LogP contribution in [-0.2, 0) is 9.53 Å². The number of hydrogen-bond acceptors (Lipinski definition) is 5. The molecule has 0 atom stereocenters. The van der Waals surface area contributed by atoms with Gasteiger partial charge in [0.25, 0.3) is 0 Å². The van der Waals surface area contributed by atoms with Crippen molar-refractivity contribution in [2.24, 2.45) is 0 Å². The minimum Gasteiger partial charge on any atom is -0.450 e. The molecule has 1 heterocycles. The van der Waals surface area contributed by atoms with Gasteiger partial charge in [0.2, 0.25) is 0 Å². The van der Waals surface area contributed by atoms with Gasteiger partial charge in [0, 0.05) is 37.8 Å². The summed E-state index contributed by atoms with van der Waals surface area (Å²) in [4.78, 5) is 36.3. The van der Waals surface area contributed by atoms with Crippen molar-refractivity contribution >= 4 is 23.8 Å². The number of amides is 3. The fraction of sp³-hybridized carbons (Fsp3) is 0.471. The highest BCUT2D eigenvalue weighted by Crippen LogP contribution is 2.18. The maximum atomic E-state index is 12.1. The van der Waals surface area contributed by atoms with Gasteiger partial charge in [0.05, 0.1) is 6.61 Å². The van der Waals surface area contributed by atoms with Crippen LogP contribution in [0.25, 0.3) is 0 Å². The summed E-state index contributed by atoms with van der Waals surface area (Å²) in [5, 5.41) is 5.59. The molecule has 0 saturated carbocycles. The van der Waals surface area contributed by atoms with E-state index in [4.69, 9.17) is 9.47 Å². The summed E-state index contributed by atoms with van der Waals surface area (Å²) in [5.41, 5.74) is 0.528. The van der Waals surface area contributed by atoms with Crippen LogP contribution in [0.2, 0.25) is 0 Å². The molecule has 0 aliphatic carbocycles. The molecule has 1 saturated heterocycles. The molecule has 1 aromatic rings. The largest absolute Gasteiger partial charge is 0.450 e. The van der Waals surface area contributed by atoms with Crippen LogP contribution in [0.5, 0.6) is 5.75 Å². The summed E-state index contributed by atoms with van der Waals surface area (Å²) in [6.45, 7) is 4.53. The van der Waals surface area contributed by atoms with E-state index < -0.39 is 5.97 Å². The molecule has 1 aliphatic heterocycles. The summed E-state index contributed by atoms with van der Waals surface area (Å²) in [5.74, 6) is -0.0528. The van der Waals surface area contributed by atoms with E-state index >= 15 is 0 Å². The summed E-state index contributed by atoms with van der Waals surface area (Å²) in [7, 11) is 0. The van der Waals surface area contributed by atoms with Crippen LogP contribution in [-0.4, -0.2) is 48.7 Å². The average molecular weight is 349 g/mol. The second-order valence-electron chi connectivity index (χ2n) is 5.68. The Bertz CT molecular complexity index is 626. The fourth-order valence-electron chi connectivity index (χ4n) is 2.58. The van der Waals surface area contributed by atoms with Crippen LogP contribution in [0, 0.1) is 0 Å². The molecule has 25 heavy (non-hydrogen) atoms. The minimum atomic E-state index is -0.421. The van der Waals surface area contributed by atoms with Crippen molar-refractivity contribution in [1.29, 1.82) is 0 Å². The maximum absolute atomic E-state index is 12.1. The molecule has 8 heteroatoms. The number of urea groups is 1. The number of nitrogens with one attached hydrogen (secondary N) is 2.